The van der Waals surface area contributed by atoms with Crippen LogP contribution in [-0.4, -0.2) is 67.6 Å². The molecule has 0 spiro atoms. The fourth-order valence-corrected chi connectivity index (χ4v) is 6.62. The van der Waals surface area contributed by atoms with E-state index in [0.29, 0.717) is 25.2 Å². The normalized spacial score (nSPS) is 23.6. The Morgan fingerprint density at radius 2 is 1.97 bits per heavy atom. The molecule has 2 N–H and O–H groups in total. The average molecular weight is 483 g/mol. The molecule has 1 aliphatic heterocycles. The molecule has 32 heavy (non-hydrogen) atoms. The van der Waals surface area contributed by atoms with Gasteiger partial charge in [-0.15, -0.1) is 0 Å². The van der Waals surface area contributed by atoms with Gasteiger partial charge in [-0.1, -0.05) is 0 Å². The highest BCUT2D eigenvalue weighted by molar-refractivity contribution is 7.89. The quantitative estimate of drug-likeness (QED) is 0.574. The maximum absolute atomic E-state index is 13.4. The van der Waals surface area contributed by atoms with E-state index in [1.807, 2.05) is 13.1 Å². The van der Waals surface area contributed by atoms with E-state index in [9.17, 15) is 16.8 Å². The molecule has 10 nitrogen and oxygen atoms in total. The number of fused-ring (bicyclic) bond motifs is 1. The van der Waals surface area contributed by atoms with E-state index in [1.165, 1.54) is 4.31 Å². The summed E-state index contributed by atoms with van der Waals surface area (Å²) in [6, 6.07) is 2.99. The van der Waals surface area contributed by atoms with Crippen LogP contribution in [0.4, 0.5) is 5.82 Å². The van der Waals surface area contributed by atoms with Gasteiger partial charge < -0.3 is 9.88 Å². The molecule has 1 aliphatic carbocycles. The number of rotatable bonds is 8. The van der Waals surface area contributed by atoms with Gasteiger partial charge in [0.15, 0.2) is 0 Å². The molecule has 2 aromatic rings. The van der Waals surface area contributed by atoms with Crippen LogP contribution in [0.2, 0.25) is 0 Å². The van der Waals surface area contributed by atoms with Crippen molar-refractivity contribution in [2.24, 2.45) is 5.92 Å². The second kappa shape index (κ2) is 8.73. The Morgan fingerprint density at radius 3 is 2.69 bits per heavy atom. The van der Waals surface area contributed by atoms with Gasteiger partial charge in [-0.2, -0.15) is 0 Å². The largest absolute Gasteiger partial charge is 0.366 e. The SMILES string of the molecule is Cc1cn2c(n1)CCC(CN(C)S(=O)(=O)c1cccnc1NC1CC(NS(C)(=O)=O)C1)C2. The summed E-state index contributed by atoms with van der Waals surface area (Å²) < 4.78 is 55.5. The van der Waals surface area contributed by atoms with Crippen LogP contribution in [-0.2, 0) is 33.0 Å². The Morgan fingerprint density at radius 1 is 1.22 bits per heavy atom. The highest BCUT2D eigenvalue weighted by Crippen LogP contribution is 2.29. The third kappa shape index (κ3) is 5.13. The van der Waals surface area contributed by atoms with Crippen LogP contribution < -0.4 is 10.0 Å². The number of nitrogens with one attached hydrogen (secondary N) is 2. The van der Waals surface area contributed by atoms with Crippen LogP contribution in [0.3, 0.4) is 0 Å². The zero-order chi connectivity index (χ0) is 23.1. The maximum atomic E-state index is 13.4. The molecular weight excluding hydrogens is 452 g/mol. The van der Waals surface area contributed by atoms with Crippen LogP contribution in [0.25, 0.3) is 0 Å². The summed E-state index contributed by atoms with van der Waals surface area (Å²) in [6.45, 7) is 3.14. The van der Waals surface area contributed by atoms with Crippen molar-refractivity contribution in [2.45, 2.75) is 56.1 Å². The van der Waals surface area contributed by atoms with Gasteiger partial charge in [0, 0.05) is 51.0 Å². The molecule has 0 amide bonds. The third-order valence-electron chi connectivity index (χ3n) is 6.04. The molecule has 1 saturated carbocycles. The van der Waals surface area contributed by atoms with Gasteiger partial charge in [-0.05, 0) is 44.2 Å². The van der Waals surface area contributed by atoms with Crippen molar-refractivity contribution >= 4 is 25.9 Å². The van der Waals surface area contributed by atoms with Gasteiger partial charge in [-0.3, -0.25) is 0 Å². The number of hydrogen-bond acceptors (Lipinski definition) is 7. The number of imidazole rings is 1. The third-order valence-corrected chi connectivity index (χ3v) is 8.66. The Kier molecular flexibility index (Phi) is 6.31. The molecule has 4 rings (SSSR count). The summed E-state index contributed by atoms with van der Waals surface area (Å²) in [5.74, 6) is 1.57. The second-order valence-electron chi connectivity index (χ2n) is 8.89. The van der Waals surface area contributed by atoms with E-state index in [-0.39, 0.29) is 22.9 Å². The van der Waals surface area contributed by atoms with Crippen LogP contribution in [0.15, 0.2) is 29.4 Å². The van der Waals surface area contributed by atoms with Gasteiger partial charge in [0.1, 0.15) is 16.5 Å². The summed E-state index contributed by atoms with van der Waals surface area (Å²) in [5.41, 5.74) is 0.984. The molecular formula is C20H30N6O4S2. The highest BCUT2D eigenvalue weighted by Gasteiger charge is 2.34. The second-order valence-corrected chi connectivity index (χ2v) is 12.7. The monoisotopic (exact) mass is 482 g/mol. The standard InChI is InChI=1S/C20H30N6O4S2/c1-14-11-26-13-15(6-7-19(26)22-14)12-25(2)32(29,30)18-5-4-8-21-20(18)23-16-9-17(10-16)24-31(3,27)28/h4-5,8,11,15-17,24H,6-7,9-10,12-13H2,1-3H3,(H,21,23). The molecule has 1 fully saturated rings. The smallest absolute Gasteiger partial charge is 0.246 e. The van der Waals surface area contributed by atoms with Crippen molar-refractivity contribution < 1.29 is 16.8 Å². The summed E-state index contributed by atoms with van der Waals surface area (Å²) >= 11 is 0. The Balaban J connectivity index is 1.41. The lowest BCUT2D eigenvalue weighted by Crippen LogP contribution is -2.49. The van der Waals surface area contributed by atoms with E-state index in [2.05, 4.69) is 24.6 Å². The first kappa shape index (κ1) is 23.1. The van der Waals surface area contributed by atoms with Crippen LogP contribution in [0.1, 0.15) is 30.8 Å². The molecule has 1 unspecified atom stereocenters. The van der Waals surface area contributed by atoms with E-state index >= 15 is 0 Å². The molecule has 3 heterocycles. The Bertz CT molecular complexity index is 1190. The summed E-state index contributed by atoms with van der Waals surface area (Å²) in [4.78, 5) is 8.91. The number of anilines is 1. The fourth-order valence-electron chi connectivity index (χ4n) is 4.47. The van der Waals surface area contributed by atoms with Crippen molar-refractivity contribution in [3.8, 4) is 0 Å². The number of aromatic nitrogens is 3. The minimum atomic E-state index is -3.74. The first-order chi connectivity index (χ1) is 15.0. The zero-order valence-electron chi connectivity index (χ0n) is 18.5. The summed E-state index contributed by atoms with van der Waals surface area (Å²) in [5, 5.41) is 3.18. The lowest BCUT2D eigenvalue weighted by atomic mass is 9.87. The van der Waals surface area contributed by atoms with Crippen molar-refractivity contribution in [3.05, 3.63) is 36.0 Å². The first-order valence-corrected chi connectivity index (χ1v) is 14.0. The number of nitrogens with zero attached hydrogens (tertiary/aromatic N) is 4. The van der Waals surface area contributed by atoms with Crippen molar-refractivity contribution in [1.82, 2.24) is 23.6 Å². The van der Waals surface area contributed by atoms with Crippen molar-refractivity contribution in [3.63, 3.8) is 0 Å². The lowest BCUT2D eigenvalue weighted by Gasteiger charge is -2.36. The average Bonchev–Trinajstić information content (AvgIpc) is 3.05. The molecule has 12 heteroatoms. The molecule has 1 atom stereocenters. The molecule has 0 bridgehead atoms. The van der Waals surface area contributed by atoms with Crippen LogP contribution in [0.5, 0.6) is 0 Å². The van der Waals surface area contributed by atoms with Gasteiger partial charge in [0.2, 0.25) is 20.0 Å². The zero-order valence-corrected chi connectivity index (χ0v) is 20.2. The van der Waals surface area contributed by atoms with E-state index in [0.717, 1.165) is 37.2 Å². The maximum Gasteiger partial charge on any atom is 0.246 e. The minimum Gasteiger partial charge on any atom is -0.366 e. The summed E-state index contributed by atoms with van der Waals surface area (Å²) in [7, 11) is -5.39. The molecule has 0 aromatic carbocycles. The van der Waals surface area contributed by atoms with Crippen LogP contribution >= 0.6 is 0 Å². The van der Waals surface area contributed by atoms with E-state index in [1.54, 1.807) is 25.4 Å². The van der Waals surface area contributed by atoms with E-state index < -0.39 is 20.0 Å². The predicted molar refractivity (Wildman–Crippen MR) is 121 cm³/mol. The van der Waals surface area contributed by atoms with Gasteiger partial charge in [-0.25, -0.2) is 35.8 Å². The number of pyridine rings is 1. The fraction of sp³-hybridized carbons (Fsp3) is 0.600. The number of sulfonamides is 2. The van der Waals surface area contributed by atoms with Gasteiger partial charge >= 0.3 is 0 Å². The molecule has 0 saturated heterocycles. The molecule has 2 aliphatic rings. The van der Waals surface area contributed by atoms with Crippen LogP contribution in [0, 0.1) is 12.8 Å². The first-order valence-electron chi connectivity index (χ1n) is 10.7. The Hall–Kier alpha value is -2.02. The predicted octanol–water partition coefficient (Wildman–Crippen LogP) is 0.962. The highest BCUT2D eigenvalue weighted by atomic mass is 32.2. The molecule has 176 valence electrons. The van der Waals surface area contributed by atoms with E-state index in [4.69, 9.17) is 0 Å². The van der Waals surface area contributed by atoms with Crippen molar-refractivity contribution in [1.29, 1.82) is 0 Å². The topological polar surface area (TPSA) is 126 Å². The van der Waals surface area contributed by atoms with Gasteiger partial charge in [0.05, 0.1) is 11.9 Å². The number of aryl methyl sites for hydroxylation is 2. The molecule has 2 aromatic heterocycles. The van der Waals surface area contributed by atoms with Crippen molar-refractivity contribution in [2.75, 3.05) is 25.2 Å². The minimum absolute atomic E-state index is 0.0374. The Labute approximate surface area is 189 Å². The number of hydrogen-bond donors (Lipinski definition) is 2. The summed E-state index contributed by atoms with van der Waals surface area (Å²) in [6.07, 6.45) is 7.59. The lowest BCUT2D eigenvalue weighted by molar-refractivity contribution is 0.303. The van der Waals surface area contributed by atoms with Gasteiger partial charge in [0.25, 0.3) is 0 Å². The molecule has 0 radical (unpaired) electrons.